The Balaban J connectivity index is 1.80. The molecule has 0 bridgehead atoms. The first-order chi connectivity index (χ1) is 10.5. The maximum Gasteiger partial charge on any atom is 0.230 e. The van der Waals surface area contributed by atoms with E-state index >= 15 is 0 Å². The number of carbonyl (C=O) groups excluding carboxylic acids is 1. The van der Waals surface area contributed by atoms with Gasteiger partial charge in [-0.15, -0.1) is 0 Å². The second kappa shape index (κ2) is 6.16. The summed E-state index contributed by atoms with van der Waals surface area (Å²) in [6.07, 6.45) is 0.0631. The van der Waals surface area contributed by atoms with Crippen LogP contribution in [0.2, 0.25) is 15.1 Å². The minimum atomic E-state index is -0.278. The van der Waals surface area contributed by atoms with Crippen LogP contribution in [0.15, 0.2) is 40.9 Å². The minimum absolute atomic E-state index is 0.0631. The number of benzene rings is 2. The predicted octanol–water partition coefficient (Wildman–Crippen LogP) is 4.97. The molecule has 22 heavy (non-hydrogen) atoms. The van der Waals surface area contributed by atoms with E-state index in [4.69, 9.17) is 39.3 Å². The van der Waals surface area contributed by atoms with Gasteiger partial charge in [0.2, 0.25) is 5.91 Å². The van der Waals surface area contributed by atoms with Crippen LogP contribution in [0.4, 0.5) is 5.69 Å². The summed E-state index contributed by atoms with van der Waals surface area (Å²) in [7, 11) is 0. The molecule has 0 aliphatic carbocycles. The lowest BCUT2D eigenvalue weighted by atomic mass is 10.1. The van der Waals surface area contributed by atoms with Gasteiger partial charge in [-0.2, -0.15) is 0 Å². The number of halogens is 3. The van der Waals surface area contributed by atoms with Crippen LogP contribution in [0.3, 0.4) is 0 Å². The Morgan fingerprint density at radius 3 is 2.64 bits per heavy atom. The Kier molecular flexibility index (Phi) is 4.25. The Labute approximate surface area is 140 Å². The molecule has 1 aromatic heterocycles. The monoisotopic (exact) mass is 354 g/mol. The van der Waals surface area contributed by atoms with E-state index in [0.29, 0.717) is 32.0 Å². The average molecular weight is 356 g/mol. The quantitative estimate of drug-likeness (QED) is 0.675. The fraction of sp³-hybridized carbons (Fsp3) is 0.0667. The third kappa shape index (κ3) is 3.04. The number of anilines is 1. The van der Waals surface area contributed by atoms with Gasteiger partial charge in [-0.05, 0) is 24.3 Å². The van der Waals surface area contributed by atoms with E-state index < -0.39 is 0 Å². The fourth-order valence-corrected chi connectivity index (χ4v) is 2.62. The van der Waals surface area contributed by atoms with Gasteiger partial charge >= 0.3 is 0 Å². The molecule has 3 aromatic rings. The summed E-state index contributed by atoms with van der Waals surface area (Å²) < 4.78 is 5.16. The number of hydrogen-bond donors (Lipinski definition) is 1. The number of nitrogens with one attached hydrogen (secondary N) is 1. The van der Waals surface area contributed by atoms with E-state index in [1.807, 2.05) is 18.2 Å². The molecule has 112 valence electrons. The molecule has 4 nitrogen and oxygen atoms in total. The van der Waals surface area contributed by atoms with E-state index in [-0.39, 0.29) is 12.3 Å². The highest BCUT2D eigenvalue weighted by molar-refractivity contribution is 6.44. The summed E-state index contributed by atoms with van der Waals surface area (Å²) in [5.41, 5.74) is 1.59. The Bertz CT molecular complexity index is 861. The number of carbonyl (C=O) groups is 1. The third-order valence-corrected chi connectivity index (χ3v) is 4.10. The molecule has 0 fully saturated rings. The minimum Gasteiger partial charge on any atom is -0.356 e. The molecule has 0 unspecified atom stereocenters. The van der Waals surface area contributed by atoms with Crippen LogP contribution >= 0.6 is 34.8 Å². The second-order valence-electron chi connectivity index (χ2n) is 4.60. The number of hydrogen-bond acceptors (Lipinski definition) is 3. The highest BCUT2D eigenvalue weighted by Crippen LogP contribution is 2.32. The van der Waals surface area contributed by atoms with E-state index in [0.717, 1.165) is 5.39 Å². The van der Waals surface area contributed by atoms with Crippen molar-refractivity contribution in [1.82, 2.24) is 5.16 Å². The van der Waals surface area contributed by atoms with Gasteiger partial charge in [-0.1, -0.05) is 52.1 Å². The van der Waals surface area contributed by atoms with Gasteiger partial charge < -0.3 is 9.84 Å². The molecular weight excluding hydrogens is 347 g/mol. The number of amides is 1. The molecular formula is C15H9Cl3N2O2. The van der Waals surface area contributed by atoms with Crippen LogP contribution in [0.5, 0.6) is 0 Å². The molecule has 3 rings (SSSR count). The smallest absolute Gasteiger partial charge is 0.230 e. The zero-order valence-corrected chi connectivity index (χ0v) is 13.3. The molecule has 2 aromatic carbocycles. The van der Waals surface area contributed by atoms with Crippen molar-refractivity contribution in [1.29, 1.82) is 0 Å². The van der Waals surface area contributed by atoms with Crippen LogP contribution in [-0.4, -0.2) is 11.1 Å². The van der Waals surface area contributed by atoms with Crippen LogP contribution in [0.1, 0.15) is 5.69 Å². The number of para-hydroxylation sites is 1. The molecule has 0 aliphatic rings. The highest BCUT2D eigenvalue weighted by Gasteiger charge is 2.14. The topological polar surface area (TPSA) is 55.1 Å². The lowest BCUT2D eigenvalue weighted by Crippen LogP contribution is -2.15. The third-order valence-electron chi connectivity index (χ3n) is 3.06. The molecule has 7 heteroatoms. The number of rotatable bonds is 3. The Hall–Kier alpha value is -1.75. The molecule has 1 N–H and O–H groups in total. The number of fused-ring (bicyclic) bond motifs is 1. The Morgan fingerprint density at radius 2 is 1.82 bits per heavy atom. The first kappa shape index (κ1) is 15.2. The first-order valence-corrected chi connectivity index (χ1v) is 7.45. The lowest BCUT2D eigenvalue weighted by molar-refractivity contribution is -0.115. The summed E-state index contributed by atoms with van der Waals surface area (Å²) in [6.45, 7) is 0. The van der Waals surface area contributed by atoms with Crippen molar-refractivity contribution in [3.63, 3.8) is 0 Å². The van der Waals surface area contributed by atoms with Gasteiger partial charge in [-0.25, -0.2) is 0 Å². The second-order valence-corrected chi connectivity index (χ2v) is 5.82. The molecule has 1 amide bonds. The molecule has 0 saturated heterocycles. The number of aromatic nitrogens is 1. The van der Waals surface area contributed by atoms with E-state index in [9.17, 15) is 4.79 Å². The molecule has 0 atom stereocenters. The van der Waals surface area contributed by atoms with Crippen molar-refractivity contribution in [2.45, 2.75) is 6.42 Å². The SMILES string of the molecule is O=C(Cc1noc2ccccc12)Nc1cc(Cl)c(Cl)cc1Cl. The van der Waals surface area contributed by atoms with Crippen LogP contribution in [0, 0.1) is 0 Å². The van der Waals surface area contributed by atoms with E-state index in [2.05, 4.69) is 10.5 Å². The molecule has 0 radical (unpaired) electrons. The average Bonchev–Trinajstić information content (AvgIpc) is 2.88. The zero-order chi connectivity index (χ0) is 15.7. The van der Waals surface area contributed by atoms with Crippen molar-refractivity contribution in [3.8, 4) is 0 Å². The van der Waals surface area contributed by atoms with E-state index in [1.54, 1.807) is 6.07 Å². The molecule has 1 heterocycles. The van der Waals surface area contributed by atoms with Crippen molar-refractivity contribution < 1.29 is 9.32 Å². The summed E-state index contributed by atoms with van der Waals surface area (Å²) in [5.74, 6) is -0.278. The summed E-state index contributed by atoms with van der Waals surface area (Å²) in [5, 5.41) is 8.36. The first-order valence-electron chi connectivity index (χ1n) is 6.32. The van der Waals surface area contributed by atoms with Crippen molar-refractivity contribution in [2.75, 3.05) is 5.32 Å². The summed E-state index contributed by atoms with van der Waals surface area (Å²) in [4.78, 5) is 12.1. The Morgan fingerprint density at radius 1 is 1.09 bits per heavy atom. The fourth-order valence-electron chi connectivity index (χ4n) is 2.03. The standard InChI is InChI=1S/C15H9Cl3N2O2/c16-9-5-11(18)13(6-10(9)17)19-15(21)7-12-8-3-1-2-4-14(8)22-20-12/h1-6H,7H2,(H,19,21). The van der Waals surface area contributed by atoms with Gasteiger partial charge in [0.1, 0.15) is 5.69 Å². The molecule has 0 saturated carbocycles. The van der Waals surface area contributed by atoms with Gasteiger partial charge in [0.25, 0.3) is 0 Å². The van der Waals surface area contributed by atoms with Crippen molar-refractivity contribution >= 4 is 57.4 Å². The van der Waals surface area contributed by atoms with Crippen LogP contribution in [0.25, 0.3) is 11.0 Å². The zero-order valence-electron chi connectivity index (χ0n) is 11.1. The van der Waals surface area contributed by atoms with Gasteiger partial charge in [-0.3, -0.25) is 4.79 Å². The maximum absolute atomic E-state index is 12.1. The largest absolute Gasteiger partial charge is 0.356 e. The normalized spacial score (nSPS) is 10.9. The van der Waals surface area contributed by atoms with Gasteiger partial charge in [0.05, 0.1) is 27.2 Å². The van der Waals surface area contributed by atoms with Crippen LogP contribution < -0.4 is 5.32 Å². The molecule has 0 aliphatic heterocycles. The highest BCUT2D eigenvalue weighted by atomic mass is 35.5. The van der Waals surface area contributed by atoms with Gasteiger partial charge in [0, 0.05) is 5.39 Å². The summed E-state index contributed by atoms with van der Waals surface area (Å²) in [6, 6.07) is 10.3. The maximum atomic E-state index is 12.1. The van der Waals surface area contributed by atoms with Gasteiger partial charge in [0.15, 0.2) is 5.58 Å². The van der Waals surface area contributed by atoms with Crippen molar-refractivity contribution in [3.05, 3.63) is 57.2 Å². The van der Waals surface area contributed by atoms with Crippen molar-refractivity contribution in [2.24, 2.45) is 0 Å². The van der Waals surface area contributed by atoms with Crippen LogP contribution in [-0.2, 0) is 11.2 Å². The summed E-state index contributed by atoms with van der Waals surface area (Å²) >= 11 is 17.8. The molecule has 0 spiro atoms. The van der Waals surface area contributed by atoms with E-state index in [1.165, 1.54) is 12.1 Å². The lowest BCUT2D eigenvalue weighted by Gasteiger charge is -2.08. The predicted molar refractivity (Wildman–Crippen MR) is 87.8 cm³/mol. The number of nitrogens with zero attached hydrogens (tertiary/aromatic N) is 1.